The zero-order valence-electron chi connectivity index (χ0n) is 17.1. The Morgan fingerprint density at radius 3 is 2.22 bits per heavy atom. The van der Waals surface area contributed by atoms with E-state index in [1.165, 1.54) is 0 Å². The van der Waals surface area contributed by atoms with E-state index in [9.17, 15) is 9.59 Å². The molecule has 1 aromatic heterocycles. The molecule has 32 heavy (non-hydrogen) atoms. The van der Waals surface area contributed by atoms with E-state index in [0.29, 0.717) is 28.5 Å². The zero-order chi connectivity index (χ0) is 22.3. The molecule has 0 saturated carbocycles. The summed E-state index contributed by atoms with van der Waals surface area (Å²) in [6.07, 6.45) is 1.58. The number of anilines is 1. The van der Waals surface area contributed by atoms with Crippen molar-refractivity contribution in [3.05, 3.63) is 119 Å². The van der Waals surface area contributed by atoms with Gasteiger partial charge in [0.1, 0.15) is 5.69 Å². The van der Waals surface area contributed by atoms with Crippen molar-refractivity contribution in [2.24, 2.45) is 0 Å². The van der Waals surface area contributed by atoms with Gasteiger partial charge < -0.3 is 10.6 Å². The van der Waals surface area contributed by atoms with Gasteiger partial charge in [-0.25, -0.2) is 0 Å². The number of carbonyl (C=O) groups is 2. The summed E-state index contributed by atoms with van der Waals surface area (Å²) in [6.45, 7) is 0.364. The Hall–Kier alpha value is -3.96. The molecule has 1 heterocycles. The standard InChI is InChI=1S/C26H20ClN3O2/c27-20-12-10-19(11-13-20)22-5-1-2-6-23(22)25(31)30-21-14-8-18(9-15-21)17-29-26(32)24-7-3-4-16-28-24/h1-16H,17H2,(H,29,32)(H,30,31). The van der Waals surface area contributed by atoms with Gasteiger partial charge in [-0.05, 0) is 59.2 Å². The van der Waals surface area contributed by atoms with Gasteiger partial charge in [-0.2, -0.15) is 0 Å². The van der Waals surface area contributed by atoms with Crippen molar-refractivity contribution in [1.29, 1.82) is 0 Å². The molecule has 0 spiro atoms. The third kappa shape index (κ3) is 5.20. The van der Waals surface area contributed by atoms with Crippen molar-refractivity contribution < 1.29 is 9.59 Å². The Balaban J connectivity index is 1.41. The maximum atomic E-state index is 12.9. The van der Waals surface area contributed by atoms with Gasteiger partial charge in [-0.1, -0.05) is 60.1 Å². The van der Waals surface area contributed by atoms with Crippen molar-refractivity contribution >= 4 is 29.1 Å². The molecule has 0 radical (unpaired) electrons. The lowest BCUT2D eigenvalue weighted by Crippen LogP contribution is -2.23. The van der Waals surface area contributed by atoms with Crippen LogP contribution in [0.25, 0.3) is 11.1 Å². The topological polar surface area (TPSA) is 71.1 Å². The molecule has 2 N–H and O–H groups in total. The molecule has 0 bridgehead atoms. The first-order valence-electron chi connectivity index (χ1n) is 10.0. The maximum Gasteiger partial charge on any atom is 0.270 e. The van der Waals surface area contributed by atoms with E-state index in [1.807, 2.05) is 54.6 Å². The highest BCUT2D eigenvalue weighted by atomic mass is 35.5. The summed E-state index contributed by atoms with van der Waals surface area (Å²) in [5.41, 5.74) is 4.27. The molecule has 0 aliphatic rings. The smallest absolute Gasteiger partial charge is 0.270 e. The van der Waals surface area contributed by atoms with Crippen LogP contribution in [-0.4, -0.2) is 16.8 Å². The molecule has 0 atom stereocenters. The Kier molecular flexibility index (Phi) is 6.58. The van der Waals surface area contributed by atoms with Crippen LogP contribution in [0.2, 0.25) is 5.02 Å². The molecule has 0 aliphatic carbocycles. The van der Waals surface area contributed by atoms with Crippen molar-refractivity contribution in [2.75, 3.05) is 5.32 Å². The highest BCUT2D eigenvalue weighted by Gasteiger charge is 2.13. The normalized spacial score (nSPS) is 10.4. The molecule has 158 valence electrons. The molecular formula is C26H20ClN3O2. The number of benzene rings is 3. The molecular weight excluding hydrogens is 422 g/mol. The SMILES string of the molecule is O=C(NCc1ccc(NC(=O)c2ccccc2-c2ccc(Cl)cc2)cc1)c1ccccn1. The lowest BCUT2D eigenvalue weighted by Gasteiger charge is -2.11. The van der Waals surface area contributed by atoms with Crippen LogP contribution in [0, 0.1) is 0 Å². The fourth-order valence-electron chi connectivity index (χ4n) is 3.24. The lowest BCUT2D eigenvalue weighted by atomic mass is 9.99. The van der Waals surface area contributed by atoms with Crippen LogP contribution in [0.3, 0.4) is 0 Å². The van der Waals surface area contributed by atoms with Crippen molar-refractivity contribution in [3.8, 4) is 11.1 Å². The second-order valence-electron chi connectivity index (χ2n) is 7.10. The fourth-order valence-corrected chi connectivity index (χ4v) is 3.36. The fraction of sp³-hybridized carbons (Fsp3) is 0.0385. The number of aromatic nitrogens is 1. The minimum Gasteiger partial charge on any atom is -0.347 e. The summed E-state index contributed by atoms with van der Waals surface area (Å²) in [6, 6.07) is 27.4. The summed E-state index contributed by atoms with van der Waals surface area (Å²) in [5, 5.41) is 6.41. The van der Waals surface area contributed by atoms with E-state index >= 15 is 0 Å². The molecule has 5 nitrogen and oxygen atoms in total. The second-order valence-corrected chi connectivity index (χ2v) is 7.54. The number of hydrogen-bond acceptors (Lipinski definition) is 3. The number of nitrogens with zero attached hydrogens (tertiary/aromatic N) is 1. The number of hydrogen-bond donors (Lipinski definition) is 2. The largest absolute Gasteiger partial charge is 0.347 e. The highest BCUT2D eigenvalue weighted by molar-refractivity contribution is 6.30. The molecule has 0 unspecified atom stereocenters. The van der Waals surface area contributed by atoms with Gasteiger partial charge in [0.25, 0.3) is 11.8 Å². The summed E-state index contributed by atoms with van der Waals surface area (Å²) in [7, 11) is 0. The van der Waals surface area contributed by atoms with Crippen LogP contribution in [0.5, 0.6) is 0 Å². The van der Waals surface area contributed by atoms with E-state index in [2.05, 4.69) is 15.6 Å². The van der Waals surface area contributed by atoms with Crippen LogP contribution >= 0.6 is 11.6 Å². The minimum absolute atomic E-state index is 0.202. The molecule has 0 aliphatic heterocycles. The van der Waals surface area contributed by atoms with Gasteiger partial charge in [0.2, 0.25) is 0 Å². The van der Waals surface area contributed by atoms with E-state index in [1.54, 1.807) is 42.6 Å². The summed E-state index contributed by atoms with van der Waals surface area (Å²) in [4.78, 5) is 29.1. The number of halogens is 1. The minimum atomic E-state index is -0.234. The third-order valence-corrected chi connectivity index (χ3v) is 5.14. The average molecular weight is 442 g/mol. The Bertz CT molecular complexity index is 1220. The zero-order valence-corrected chi connectivity index (χ0v) is 17.8. The van der Waals surface area contributed by atoms with Crippen LogP contribution < -0.4 is 10.6 Å². The summed E-state index contributed by atoms with van der Waals surface area (Å²) < 4.78 is 0. The van der Waals surface area contributed by atoms with Gasteiger partial charge >= 0.3 is 0 Å². The number of amides is 2. The monoisotopic (exact) mass is 441 g/mol. The average Bonchev–Trinajstić information content (AvgIpc) is 2.84. The van der Waals surface area contributed by atoms with Crippen molar-refractivity contribution in [2.45, 2.75) is 6.54 Å². The lowest BCUT2D eigenvalue weighted by molar-refractivity contribution is 0.0945. The van der Waals surface area contributed by atoms with Crippen molar-refractivity contribution in [1.82, 2.24) is 10.3 Å². The summed E-state index contributed by atoms with van der Waals surface area (Å²) >= 11 is 5.99. The van der Waals surface area contributed by atoms with Crippen LogP contribution in [0.1, 0.15) is 26.4 Å². The van der Waals surface area contributed by atoms with Crippen LogP contribution in [-0.2, 0) is 6.54 Å². The predicted molar refractivity (Wildman–Crippen MR) is 127 cm³/mol. The number of carbonyl (C=O) groups excluding carboxylic acids is 2. The van der Waals surface area contributed by atoms with Gasteiger partial charge in [0, 0.05) is 29.0 Å². The van der Waals surface area contributed by atoms with E-state index in [-0.39, 0.29) is 11.8 Å². The number of nitrogens with one attached hydrogen (secondary N) is 2. The first-order valence-corrected chi connectivity index (χ1v) is 10.4. The number of rotatable bonds is 6. The first kappa shape index (κ1) is 21.3. The Morgan fingerprint density at radius 1 is 0.781 bits per heavy atom. The first-order chi connectivity index (χ1) is 15.6. The Labute approximate surface area is 191 Å². The van der Waals surface area contributed by atoms with Gasteiger partial charge in [-0.15, -0.1) is 0 Å². The van der Waals surface area contributed by atoms with E-state index in [4.69, 9.17) is 11.6 Å². The van der Waals surface area contributed by atoms with Gasteiger partial charge in [-0.3, -0.25) is 14.6 Å². The highest BCUT2D eigenvalue weighted by Crippen LogP contribution is 2.26. The molecule has 4 aromatic rings. The van der Waals surface area contributed by atoms with Crippen LogP contribution in [0.4, 0.5) is 5.69 Å². The summed E-state index contributed by atoms with van der Waals surface area (Å²) in [5.74, 6) is -0.437. The van der Waals surface area contributed by atoms with E-state index < -0.39 is 0 Å². The quantitative estimate of drug-likeness (QED) is 0.410. The van der Waals surface area contributed by atoms with Gasteiger partial charge in [0.05, 0.1) is 0 Å². The molecule has 3 aromatic carbocycles. The number of pyridine rings is 1. The van der Waals surface area contributed by atoms with E-state index in [0.717, 1.165) is 16.7 Å². The maximum absolute atomic E-state index is 12.9. The second kappa shape index (κ2) is 9.90. The molecule has 2 amide bonds. The van der Waals surface area contributed by atoms with Gasteiger partial charge in [0.15, 0.2) is 0 Å². The molecule has 4 rings (SSSR count). The Morgan fingerprint density at radius 2 is 1.50 bits per heavy atom. The predicted octanol–water partition coefficient (Wildman–Crippen LogP) is 5.58. The molecule has 0 fully saturated rings. The third-order valence-electron chi connectivity index (χ3n) is 4.89. The van der Waals surface area contributed by atoms with Crippen LogP contribution in [0.15, 0.2) is 97.2 Å². The molecule has 0 saturated heterocycles. The van der Waals surface area contributed by atoms with Crippen molar-refractivity contribution in [3.63, 3.8) is 0 Å². The molecule has 6 heteroatoms.